The standard InChI is InChI=1S/C40H40N4O7/c1-9-21-18(2)26-16-30-25-12-10-23(38(47)50-7)35(39(48)51-8)40(25,5)32(42-30)17-28-19(3)22(11-13-33(46)49-6)36(43-28)24-14-31(45)34-20(4)27(44-37(24)34)15-29(21)41-26/h10,12,15-17,35,42,45H,9,11,13-14H2,1-8H3. The fraction of sp³-hybridized carbons (Fsp3) is 0.350. The van der Waals surface area contributed by atoms with Crippen molar-refractivity contribution in [2.75, 3.05) is 21.3 Å². The Bertz CT molecular complexity index is 2190. The van der Waals surface area contributed by atoms with Crippen LogP contribution >= 0.6 is 0 Å². The van der Waals surface area contributed by atoms with E-state index in [-0.39, 0.29) is 30.1 Å². The fourth-order valence-electron chi connectivity index (χ4n) is 8.18. The third-order valence-corrected chi connectivity index (χ3v) is 11.0. The van der Waals surface area contributed by atoms with Gasteiger partial charge in [-0.3, -0.25) is 9.59 Å². The summed E-state index contributed by atoms with van der Waals surface area (Å²) in [5.41, 5.74) is 11.4. The van der Waals surface area contributed by atoms with Gasteiger partial charge < -0.3 is 24.6 Å². The van der Waals surface area contributed by atoms with Crippen LogP contribution < -0.4 is 5.32 Å². The lowest BCUT2D eigenvalue weighted by atomic mass is 9.64. The molecule has 0 radical (unpaired) electrons. The largest absolute Gasteiger partial charge is 0.511 e. The maximum Gasteiger partial charge on any atom is 0.334 e. The molecule has 262 valence electrons. The minimum atomic E-state index is -1.11. The number of hydrogen-bond donors (Lipinski definition) is 2. The number of rotatable bonds is 6. The molecule has 0 aromatic rings. The normalized spacial score (nSPS) is 24.7. The third-order valence-electron chi connectivity index (χ3n) is 11.0. The molecule has 5 heterocycles. The summed E-state index contributed by atoms with van der Waals surface area (Å²) < 4.78 is 15.4. The van der Waals surface area contributed by atoms with E-state index in [1.54, 1.807) is 6.08 Å². The van der Waals surface area contributed by atoms with E-state index in [2.05, 4.69) is 12.2 Å². The number of carbonyl (C=O) groups is 3. The summed E-state index contributed by atoms with van der Waals surface area (Å²) in [6, 6.07) is 0. The van der Waals surface area contributed by atoms with Gasteiger partial charge in [-0.2, -0.15) is 0 Å². The molecule has 11 nitrogen and oxygen atoms in total. The monoisotopic (exact) mass is 688 g/mol. The summed E-state index contributed by atoms with van der Waals surface area (Å²) in [5, 5.41) is 14.9. The molecule has 7 aliphatic rings. The number of aliphatic hydroxyl groups is 1. The van der Waals surface area contributed by atoms with Gasteiger partial charge in [0.1, 0.15) is 11.7 Å². The van der Waals surface area contributed by atoms with Crippen molar-refractivity contribution >= 4 is 35.0 Å². The number of allylic oxidation sites excluding steroid dienone is 14. The summed E-state index contributed by atoms with van der Waals surface area (Å²) in [7, 11) is 3.95. The Labute approximate surface area is 296 Å². The number of methoxy groups -OCH3 is 3. The summed E-state index contributed by atoms with van der Waals surface area (Å²) >= 11 is 0. The Morgan fingerprint density at radius 2 is 1.65 bits per heavy atom. The van der Waals surface area contributed by atoms with Crippen LogP contribution in [0.25, 0.3) is 0 Å². The lowest BCUT2D eigenvalue weighted by Gasteiger charge is -2.36. The number of hydrogen-bond acceptors (Lipinski definition) is 11. The summed E-state index contributed by atoms with van der Waals surface area (Å²) in [6.07, 6.45) is 10.8. The lowest BCUT2D eigenvalue weighted by molar-refractivity contribution is -0.150. The van der Waals surface area contributed by atoms with E-state index in [4.69, 9.17) is 29.2 Å². The van der Waals surface area contributed by atoms with Gasteiger partial charge in [0.15, 0.2) is 0 Å². The Morgan fingerprint density at radius 3 is 2.33 bits per heavy atom. The van der Waals surface area contributed by atoms with Crippen molar-refractivity contribution in [1.82, 2.24) is 5.32 Å². The second kappa shape index (κ2) is 12.3. The van der Waals surface area contributed by atoms with Crippen molar-refractivity contribution in [3.63, 3.8) is 0 Å². The molecule has 2 N–H and O–H groups in total. The number of esters is 3. The van der Waals surface area contributed by atoms with Crippen LogP contribution in [0.5, 0.6) is 0 Å². The number of aliphatic imine (C=N–C) groups is 3. The highest BCUT2D eigenvalue weighted by Gasteiger charge is 2.55. The van der Waals surface area contributed by atoms with E-state index in [0.717, 1.165) is 62.5 Å². The first-order valence-corrected chi connectivity index (χ1v) is 17.0. The van der Waals surface area contributed by atoms with Gasteiger partial charge in [-0.1, -0.05) is 19.1 Å². The molecule has 0 spiro atoms. The number of carbonyl (C=O) groups excluding carboxylic acids is 3. The molecule has 0 aromatic heterocycles. The van der Waals surface area contributed by atoms with Crippen molar-refractivity contribution < 1.29 is 33.7 Å². The predicted molar refractivity (Wildman–Crippen MR) is 192 cm³/mol. The van der Waals surface area contributed by atoms with Gasteiger partial charge >= 0.3 is 17.9 Å². The van der Waals surface area contributed by atoms with Crippen LogP contribution in [0.3, 0.4) is 0 Å². The van der Waals surface area contributed by atoms with E-state index in [1.807, 2.05) is 52.0 Å². The van der Waals surface area contributed by atoms with Crippen LogP contribution in [-0.4, -0.2) is 61.5 Å². The summed E-state index contributed by atoms with van der Waals surface area (Å²) in [5.74, 6) is -2.41. The second-order valence-corrected chi connectivity index (χ2v) is 13.6. The van der Waals surface area contributed by atoms with Crippen LogP contribution in [0.4, 0.5) is 0 Å². The topological polar surface area (TPSA) is 148 Å². The number of nitrogens with zero attached hydrogens (tertiary/aromatic N) is 3. The summed E-state index contributed by atoms with van der Waals surface area (Å²) in [4.78, 5) is 54.6. The minimum Gasteiger partial charge on any atom is -0.511 e. The fourth-order valence-corrected chi connectivity index (χ4v) is 8.18. The predicted octanol–water partition coefficient (Wildman–Crippen LogP) is 6.19. The maximum atomic E-state index is 13.7. The second-order valence-electron chi connectivity index (χ2n) is 13.6. The van der Waals surface area contributed by atoms with Crippen LogP contribution in [0, 0.1) is 11.3 Å². The molecular formula is C40H40N4O7. The zero-order chi connectivity index (χ0) is 36.5. The smallest absolute Gasteiger partial charge is 0.334 e. The lowest BCUT2D eigenvalue weighted by Crippen LogP contribution is -2.41. The molecule has 51 heavy (non-hydrogen) atoms. The molecule has 8 bridgehead atoms. The van der Waals surface area contributed by atoms with Gasteiger partial charge in [-0.05, 0) is 92.2 Å². The van der Waals surface area contributed by atoms with Gasteiger partial charge in [0.25, 0.3) is 0 Å². The number of fused-ring (bicyclic) bond motifs is 8. The van der Waals surface area contributed by atoms with Gasteiger partial charge in [-0.25, -0.2) is 19.8 Å². The molecule has 2 atom stereocenters. The number of aliphatic hydroxyl groups excluding tert-OH is 1. The first kappa shape index (κ1) is 33.9. The average Bonchev–Trinajstić information content (AvgIpc) is 3.87. The third kappa shape index (κ3) is 5.00. The first-order valence-electron chi connectivity index (χ1n) is 17.0. The molecule has 0 saturated carbocycles. The van der Waals surface area contributed by atoms with E-state index in [1.165, 1.54) is 21.3 Å². The quantitative estimate of drug-likeness (QED) is 0.248. The van der Waals surface area contributed by atoms with Crippen molar-refractivity contribution in [1.29, 1.82) is 0 Å². The van der Waals surface area contributed by atoms with Crippen molar-refractivity contribution in [3.8, 4) is 0 Å². The molecule has 0 amide bonds. The number of nitrogens with one attached hydrogen (secondary N) is 1. The molecule has 2 unspecified atom stereocenters. The minimum absolute atomic E-state index is 0.131. The summed E-state index contributed by atoms with van der Waals surface area (Å²) in [6.45, 7) is 9.94. The maximum absolute atomic E-state index is 13.7. The van der Waals surface area contributed by atoms with Gasteiger partial charge in [0, 0.05) is 35.4 Å². The van der Waals surface area contributed by atoms with E-state index < -0.39 is 23.3 Å². The molecule has 1 saturated heterocycles. The Kier molecular flexibility index (Phi) is 8.19. The highest BCUT2D eigenvalue weighted by molar-refractivity contribution is 6.22. The van der Waals surface area contributed by atoms with Crippen molar-refractivity contribution in [2.45, 2.75) is 60.3 Å². The van der Waals surface area contributed by atoms with Crippen LogP contribution in [0.1, 0.15) is 60.3 Å². The van der Waals surface area contributed by atoms with E-state index >= 15 is 0 Å². The average molecular weight is 689 g/mol. The van der Waals surface area contributed by atoms with Crippen LogP contribution in [0.15, 0.2) is 130 Å². The van der Waals surface area contributed by atoms with E-state index in [0.29, 0.717) is 40.5 Å². The molecule has 0 aromatic carbocycles. The Hall–Kier alpha value is -5.58. The zero-order valence-electron chi connectivity index (χ0n) is 30.0. The highest BCUT2D eigenvalue weighted by Crippen LogP contribution is 2.55. The SMILES string of the molecule is CCC1=C(C)C2=NC1=CC1=C(C)C3=C(O)CC(=C4N=C(C=C5NC(=C2)C2=CC=C(C(=O)OC)C(C(=O)OC)C52C)C(C)=C4CCC(=O)OC)C3=N1. The Morgan fingerprint density at radius 1 is 0.922 bits per heavy atom. The zero-order valence-corrected chi connectivity index (χ0v) is 30.0. The van der Waals surface area contributed by atoms with Gasteiger partial charge in [0.2, 0.25) is 0 Å². The van der Waals surface area contributed by atoms with Crippen molar-refractivity contribution in [2.24, 2.45) is 26.3 Å². The molecule has 1 fully saturated rings. The molecular weight excluding hydrogens is 648 g/mol. The molecule has 2 aliphatic carbocycles. The first-order chi connectivity index (χ1) is 24.4. The Balaban J connectivity index is 1.54. The number of ether oxygens (including phenoxy) is 3. The molecule has 7 rings (SSSR count). The molecule has 11 heteroatoms. The van der Waals surface area contributed by atoms with E-state index in [9.17, 15) is 19.5 Å². The molecule has 5 aliphatic heterocycles. The van der Waals surface area contributed by atoms with Crippen LogP contribution in [0.2, 0.25) is 0 Å². The van der Waals surface area contributed by atoms with Crippen LogP contribution in [-0.2, 0) is 28.6 Å². The highest BCUT2D eigenvalue weighted by atomic mass is 16.5. The van der Waals surface area contributed by atoms with Gasteiger partial charge in [0.05, 0.1) is 66.5 Å². The van der Waals surface area contributed by atoms with Crippen molar-refractivity contribution in [3.05, 3.63) is 115 Å². The van der Waals surface area contributed by atoms with Gasteiger partial charge in [-0.15, -0.1) is 0 Å².